The lowest BCUT2D eigenvalue weighted by Crippen LogP contribution is -2.24. The number of hydrogen-bond acceptors (Lipinski definition) is 5. The Bertz CT molecular complexity index is 858. The van der Waals surface area contributed by atoms with E-state index in [0.717, 1.165) is 39.3 Å². The van der Waals surface area contributed by atoms with Crippen LogP contribution in [0.4, 0.5) is 10.5 Å². The maximum atomic E-state index is 12.6. The Morgan fingerprint density at radius 2 is 1.89 bits per heavy atom. The summed E-state index contributed by atoms with van der Waals surface area (Å²) in [5.74, 6) is 0.416. The van der Waals surface area contributed by atoms with Crippen molar-refractivity contribution in [1.82, 2.24) is 9.71 Å². The monoisotopic (exact) mass is 441 g/mol. The van der Waals surface area contributed by atoms with Crippen molar-refractivity contribution in [2.75, 3.05) is 5.32 Å². The summed E-state index contributed by atoms with van der Waals surface area (Å²) < 4.78 is 3.45. The number of nitrogens with one attached hydrogen (secondary N) is 2. The molecule has 0 saturated carbocycles. The summed E-state index contributed by atoms with van der Waals surface area (Å²) >= 11 is 8.92. The molecule has 2 amide bonds. The Balaban J connectivity index is 2.19. The van der Waals surface area contributed by atoms with Crippen LogP contribution < -0.4 is 10.0 Å². The first-order chi connectivity index (χ1) is 12.9. The van der Waals surface area contributed by atoms with Crippen molar-refractivity contribution in [2.24, 2.45) is 0 Å². The highest BCUT2D eigenvalue weighted by Gasteiger charge is 2.24. The molecule has 0 spiro atoms. The number of hydrogen-bond donors (Lipinski definition) is 3. The van der Waals surface area contributed by atoms with Crippen molar-refractivity contribution < 1.29 is 9.90 Å². The number of carbonyl (C=O) groups is 1. The minimum Gasteiger partial charge on any atom is -0.385 e. The van der Waals surface area contributed by atoms with Gasteiger partial charge in [-0.05, 0) is 49.8 Å². The topological polar surface area (TPSA) is 74.2 Å². The number of thiazole rings is 1. The van der Waals surface area contributed by atoms with Gasteiger partial charge in [0.05, 0.1) is 21.9 Å². The van der Waals surface area contributed by atoms with Crippen LogP contribution in [0.3, 0.4) is 0 Å². The first kappa shape index (κ1) is 23.0. The number of halogens is 1. The Morgan fingerprint density at radius 1 is 1.25 bits per heavy atom. The highest BCUT2D eigenvalue weighted by atomic mass is 35.5. The van der Waals surface area contributed by atoms with Gasteiger partial charge < -0.3 is 10.4 Å². The summed E-state index contributed by atoms with van der Waals surface area (Å²) in [6, 6.07) is 3.51. The molecule has 1 aromatic carbocycles. The van der Waals surface area contributed by atoms with Crippen molar-refractivity contribution in [1.29, 1.82) is 0 Å². The number of aromatic nitrogens is 1. The van der Waals surface area contributed by atoms with Gasteiger partial charge in [0.1, 0.15) is 0 Å². The van der Waals surface area contributed by atoms with Crippen molar-refractivity contribution in [3.8, 4) is 0 Å². The van der Waals surface area contributed by atoms with Gasteiger partial charge in [-0.1, -0.05) is 45.4 Å². The third-order valence-corrected chi connectivity index (χ3v) is 6.87. The predicted octanol–water partition coefficient (Wildman–Crippen LogP) is 6.41. The lowest BCUT2D eigenvalue weighted by molar-refractivity contribution is 0.0817. The molecule has 2 rings (SSSR count). The summed E-state index contributed by atoms with van der Waals surface area (Å²) in [6.45, 7) is 13.6. The standard InChI is InChI=1S/C20H28ClN3O2S2/c1-10(2)13-8-9-14(21)15(11(3)4)16(13)23-18(25)24-28-19-22-12(5)17(27-19)20(6,7)26/h8-11,26H,1-7H3,(H2,23,24,25). The lowest BCUT2D eigenvalue weighted by Gasteiger charge is -2.21. The number of benzene rings is 1. The van der Waals surface area contributed by atoms with E-state index in [1.165, 1.54) is 11.3 Å². The Morgan fingerprint density at radius 3 is 2.39 bits per heavy atom. The molecule has 2 aromatic rings. The summed E-state index contributed by atoms with van der Waals surface area (Å²) in [6.07, 6.45) is 0. The lowest BCUT2D eigenvalue weighted by atomic mass is 9.92. The fourth-order valence-corrected chi connectivity index (χ4v) is 5.14. The van der Waals surface area contributed by atoms with Crippen LogP contribution in [0.25, 0.3) is 0 Å². The zero-order chi connectivity index (χ0) is 21.2. The number of aliphatic hydroxyl groups is 1. The van der Waals surface area contributed by atoms with E-state index in [0.29, 0.717) is 9.36 Å². The highest BCUT2D eigenvalue weighted by molar-refractivity contribution is 7.99. The van der Waals surface area contributed by atoms with Crippen LogP contribution in [0.2, 0.25) is 5.02 Å². The molecule has 28 heavy (non-hydrogen) atoms. The van der Waals surface area contributed by atoms with Crippen molar-refractivity contribution in [3.05, 3.63) is 38.9 Å². The van der Waals surface area contributed by atoms with Gasteiger partial charge in [-0.2, -0.15) is 0 Å². The SMILES string of the molecule is Cc1nc(SNC(=O)Nc2c(C(C)C)ccc(Cl)c2C(C)C)sc1C(C)(C)O. The molecule has 0 saturated heterocycles. The summed E-state index contributed by atoms with van der Waals surface area (Å²) in [5, 5.41) is 13.8. The maximum absolute atomic E-state index is 12.6. The summed E-state index contributed by atoms with van der Waals surface area (Å²) in [5.41, 5.74) is 2.55. The molecule has 1 heterocycles. The van der Waals surface area contributed by atoms with E-state index in [4.69, 9.17) is 11.6 Å². The van der Waals surface area contributed by atoms with E-state index in [9.17, 15) is 9.90 Å². The van der Waals surface area contributed by atoms with Crippen molar-refractivity contribution in [2.45, 2.75) is 70.2 Å². The van der Waals surface area contributed by atoms with Crippen LogP contribution in [0, 0.1) is 6.92 Å². The Hall–Kier alpha value is -1.28. The van der Waals surface area contributed by atoms with E-state index >= 15 is 0 Å². The average Bonchev–Trinajstić information content (AvgIpc) is 2.93. The summed E-state index contributed by atoms with van der Waals surface area (Å²) in [4.78, 5) is 17.8. The third-order valence-electron chi connectivity index (χ3n) is 4.23. The molecule has 0 aliphatic heterocycles. The van der Waals surface area contributed by atoms with E-state index in [2.05, 4.69) is 42.7 Å². The largest absolute Gasteiger partial charge is 0.385 e. The number of aryl methyl sites for hydroxylation is 1. The molecule has 0 aliphatic carbocycles. The molecule has 0 unspecified atom stereocenters. The maximum Gasteiger partial charge on any atom is 0.329 e. The zero-order valence-corrected chi connectivity index (χ0v) is 19.7. The molecule has 5 nitrogen and oxygen atoms in total. The quantitative estimate of drug-likeness (QED) is 0.453. The molecule has 0 bridgehead atoms. The van der Waals surface area contributed by atoms with E-state index in [-0.39, 0.29) is 17.9 Å². The van der Waals surface area contributed by atoms with Gasteiger partial charge in [0, 0.05) is 17.0 Å². The van der Waals surface area contributed by atoms with E-state index < -0.39 is 5.60 Å². The molecule has 8 heteroatoms. The Labute approximate surface area is 180 Å². The molecular weight excluding hydrogens is 414 g/mol. The van der Waals surface area contributed by atoms with Gasteiger partial charge in [0.15, 0.2) is 4.34 Å². The van der Waals surface area contributed by atoms with E-state index in [1.54, 1.807) is 13.8 Å². The number of amides is 2. The molecule has 1 aromatic heterocycles. The second kappa shape index (κ2) is 9.03. The molecule has 0 aliphatic rings. The minimum atomic E-state index is -0.956. The molecular formula is C20H28ClN3O2S2. The fraction of sp³-hybridized carbons (Fsp3) is 0.500. The number of rotatable bonds is 6. The fourth-order valence-electron chi connectivity index (χ4n) is 3.01. The first-order valence-corrected chi connectivity index (χ1v) is 11.2. The van der Waals surface area contributed by atoms with Gasteiger partial charge in [-0.3, -0.25) is 4.72 Å². The highest BCUT2D eigenvalue weighted by Crippen LogP contribution is 2.38. The zero-order valence-electron chi connectivity index (χ0n) is 17.3. The van der Waals surface area contributed by atoms with Crippen LogP contribution >= 0.6 is 34.9 Å². The average molecular weight is 442 g/mol. The van der Waals surface area contributed by atoms with Crippen LogP contribution in [-0.2, 0) is 5.60 Å². The Kier molecular flexibility index (Phi) is 7.42. The number of carbonyl (C=O) groups excluding carboxylic acids is 1. The van der Waals surface area contributed by atoms with Gasteiger partial charge in [-0.15, -0.1) is 11.3 Å². The number of anilines is 1. The normalized spacial score (nSPS) is 12.0. The van der Waals surface area contributed by atoms with Crippen LogP contribution in [0.5, 0.6) is 0 Å². The molecule has 3 N–H and O–H groups in total. The van der Waals surface area contributed by atoms with E-state index in [1.807, 2.05) is 19.1 Å². The third kappa shape index (κ3) is 5.41. The number of urea groups is 1. The van der Waals surface area contributed by atoms with Crippen molar-refractivity contribution >= 4 is 46.6 Å². The minimum absolute atomic E-state index is 0.171. The van der Waals surface area contributed by atoms with Crippen LogP contribution in [0.1, 0.15) is 75.1 Å². The second-order valence-corrected chi connectivity index (χ2v) is 10.3. The molecule has 0 fully saturated rings. The van der Waals surface area contributed by atoms with Gasteiger partial charge in [0.25, 0.3) is 0 Å². The number of nitrogens with zero attached hydrogens (tertiary/aromatic N) is 1. The van der Waals surface area contributed by atoms with Gasteiger partial charge >= 0.3 is 6.03 Å². The van der Waals surface area contributed by atoms with Gasteiger partial charge in [0.2, 0.25) is 0 Å². The molecule has 154 valence electrons. The smallest absolute Gasteiger partial charge is 0.329 e. The molecule has 0 radical (unpaired) electrons. The predicted molar refractivity (Wildman–Crippen MR) is 120 cm³/mol. The first-order valence-electron chi connectivity index (χ1n) is 9.18. The summed E-state index contributed by atoms with van der Waals surface area (Å²) in [7, 11) is 0. The van der Waals surface area contributed by atoms with Crippen LogP contribution in [0.15, 0.2) is 16.5 Å². The van der Waals surface area contributed by atoms with Crippen LogP contribution in [-0.4, -0.2) is 16.1 Å². The second-order valence-electron chi connectivity index (χ2n) is 7.85. The molecule has 0 atom stereocenters. The van der Waals surface area contributed by atoms with Gasteiger partial charge in [-0.25, -0.2) is 9.78 Å². The van der Waals surface area contributed by atoms with Crippen molar-refractivity contribution in [3.63, 3.8) is 0 Å².